The molecule has 0 amide bonds. The summed E-state index contributed by atoms with van der Waals surface area (Å²) in [5.74, 6) is 3.97. The third-order valence-corrected chi connectivity index (χ3v) is 9.75. The van der Waals surface area contributed by atoms with Gasteiger partial charge in [-0.15, -0.1) is 0 Å². The molecule has 1 nitrogen and oxygen atoms in total. The molecule has 8 atom stereocenters. The maximum Gasteiger partial charge on any atom is 0.103 e. The highest BCUT2D eigenvalue weighted by Gasteiger charge is 2.60. The number of fused-ring (bicyclic) bond motifs is 5. The topological polar surface area (TPSA) is 12.0 Å². The van der Waals surface area contributed by atoms with Crippen LogP contribution in [0, 0.1) is 40.4 Å². The fourth-order valence-corrected chi connectivity index (χ4v) is 8.44. The molecule has 4 aliphatic carbocycles. The van der Waals surface area contributed by atoms with E-state index in [1.807, 2.05) is 0 Å². The molecule has 4 fully saturated rings. The Labute approximate surface area is 154 Å². The first-order valence-electron chi connectivity index (χ1n) is 11.3. The van der Waals surface area contributed by atoms with Crippen molar-refractivity contribution in [3.05, 3.63) is 0 Å². The van der Waals surface area contributed by atoms with Crippen LogP contribution in [0.2, 0.25) is 0 Å². The molecule has 0 aromatic heterocycles. The fourth-order valence-electron chi connectivity index (χ4n) is 8.44. The van der Waals surface area contributed by atoms with E-state index in [4.69, 9.17) is 0 Å². The summed E-state index contributed by atoms with van der Waals surface area (Å²) >= 11 is 0. The van der Waals surface area contributed by atoms with Crippen LogP contribution in [0.1, 0.15) is 84.5 Å². The van der Waals surface area contributed by atoms with Gasteiger partial charge in [-0.25, -0.2) is 4.39 Å². The van der Waals surface area contributed by atoms with Gasteiger partial charge in [0.25, 0.3) is 0 Å². The van der Waals surface area contributed by atoms with E-state index in [1.165, 1.54) is 64.3 Å². The summed E-state index contributed by atoms with van der Waals surface area (Å²) in [5.41, 5.74) is 0.897. The Bertz CT molecular complexity index is 479. The van der Waals surface area contributed by atoms with Crippen molar-refractivity contribution >= 4 is 0 Å². The molecule has 0 heterocycles. The Kier molecular flexibility index (Phi) is 4.97. The van der Waals surface area contributed by atoms with E-state index >= 15 is 0 Å². The Hall–Kier alpha value is -0.110. The average molecular weight is 350 g/mol. The molecule has 0 bridgehead atoms. The van der Waals surface area contributed by atoms with Crippen LogP contribution in [0.25, 0.3) is 0 Å². The second kappa shape index (κ2) is 6.80. The minimum Gasteiger partial charge on any atom is -0.320 e. The van der Waals surface area contributed by atoms with Gasteiger partial charge >= 0.3 is 0 Å². The van der Waals surface area contributed by atoms with Crippen molar-refractivity contribution in [3.63, 3.8) is 0 Å². The van der Waals surface area contributed by atoms with E-state index in [0.29, 0.717) is 16.7 Å². The normalized spacial score (nSPS) is 52.3. The quantitative estimate of drug-likeness (QED) is 0.615. The third-order valence-electron chi connectivity index (χ3n) is 9.75. The highest BCUT2D eigenvalue weighted by atomic mass is 19.1. The van der Waals surface area contributed by atoms with Gasteiger partial charge in [0.1, 0.15) is 6.17 Å². The molecule has 0 aromatic carbocycles. The van der Waals surface area contributed by atoms with Crippen LogP contribution in [-0.4, -0.2) is 19.8 Å². The van der Waals surface area contributed by atoms with Crippen molar-refractivity contribution in [3.8, 4) is 0 Å². The second-order valence-corrected chi connectivity index (χ2v) is 10.5. The molecular weight excluding hydrogens is 309 g/mol. The van der Waals surface area contributed by atoms with Gasteiger partial charge in [-0.1, -0.05) is 13.8 Å². The van der Waals surface area contributed by atoms with Crippen molar-refractivity contribution in [2.45, 2.75) is 90.6 Å². The zero-order valence-corrected chi connectivity index (χ0v) is 16.8. The lowest BCUT2D eigenvalue weighted by molar-refractivity contribution is -0.130. The van der Waals surface area contributed by atoms with Crippen LogP contribution in [0.15, 0.2) is 0 Å². The van der Waals surface area contributed by atoms with Gasteiger partial charge in [0.15, 0.2) is 0 Å². The molecule has 2 heteroatoms. The summed E-state index contributed by atoms with van der Waals surface area (Å²) in [6, 6.07) is 0. The lowest BCUT2D eigenvalue weighted by Crippen LogP contribution is -2.54. The number of nitrogens with one attached hydrogen (secondary N) is 1. The van der Waals surface area contributed by atoms with E-state index in [-0.39, 0.29) is 0 Å². The number of rotatable bonds is 4. The lowest BCUT2D eigenvalue weighted by atomic mass is 9.44. The lowest BCUT2D eigenvalue weighted by Gasteiger charge is -2.61. The predicted molar refractivity (Wildman–Crippen MR) is 103 cm³/mol. The van der Waals surface area contributed by atoms with E-state index < -0.39 is 6.17 Å². The zero-order valence-electron chi connectivity index (χ0n) is 16.8. The zero-order chi connectivity index (χ0) is 17.7. The Balaban J connectivity index is 1.52. The molecule has 0 spiro atoms. The summed E-state index contributed by atoms with van der Waals surface area (Å²) in [6.45, 7) is 6.29. The molecule has 0 saturated heterocycles. The SMILES string of the molecule is CNCCCC1CCC2C3CCC4C(F)CCCC4(C)C3CCC12C. The van der Waals surface area contributed by atoms with Gasteiger partial charge in [-0.05, 0) is 125 Å². The van der Waals surface area contributed by atoms with Gasteiger partial charge in [0, 0.05) is 0 Å². The Morgan fingerprint density at radius 3 is 2.44 bits per heavy atom. The molecule has 0 aromatic rings. The minimum absolute atomic E-state index is 0.312. The Morgan fingerprint density at radius 1 is 0.880 bits per heavy atom. The molecule has 4 saturated carbocycles. The molecular formula is C23H40FN. The highest BCUT2D eigenvalue weighted by Crippen LogP contribution is 2.68. The standard InChI is InChI=1S/C23H40FN/c1-22-14-12-19-17(18(22)10-8-16(22)6-5-15-25-3)9-11-20-21(24)7-4-13-23(19,20)2/h16-21,25H,4-15H2,1-3H3. The summed E-state index contributed by atoms with van der Waals surface area (Å²) in [6.07, 6.45) is 13.7. The van der Waals surface area contributed by atoms with Crippen molar-refractivity contribution in [1.82, 2.24) is 5.32 Å². The molecule has 144 valence electrons. The molecule has 0 radical (unpaired) electrons. The van der Waals surface area contributed by atoms with Gasteiger partial charge in [-0.3, -0.25) is 0 Å². The summed E-state index contributed by atoms with van der Waals surface area (Å²) in [5, 5.41) is 3.33. The van der Waals surface area contributed by atoms with E-state index in [1.54, 1.807) is 0 Å². The van der Waals surface area contributed by atoms with Gasteiger partial charge in [0.2, 0.25) is 0 Å². The maximum absolute atomic E-state index is 14.7. The second-order valence-electron chi connectivity index (χ2n) is 10.5. The monoisotopic (exact) mass is 349 g/mol. The molecule has 4 aliphatic rings. The van der Waals surface area contributed by atoms with Crippen molar-refractivity contribution in [1.29, 1.82) is 0 Å². The summed E-state index contributed by atoms with van der Waals surface area (Å²) < 4.78 is 14.7. The first kappa shape index (κ1) is 18.3. The molecule has 25 heavy (non-hydrogen) atoms. The first-order valence-corrected chi connectivity index (χ1v) is 11.3. The molecule has 4 rings (SSSR count). The van der Waals surface area contributed by atoms with Crippen molar-refractivity contribution in [2.24, 2.45) is 40.4 Å². The number of halogens is 1. The van der Waals surface area contributed by atoms with E-state index in [2.05, 4.69) is 26.2 Å². The van der Waals surface area contributed by atoms with Crippen molar-refractivity contribution in [2.75, 3.05) is 13.6 Å². The fraction of sp³-hybridized carbons (Fsp3) is 1.00. The summed E-state index contributed by atoms with van der Waals surface area (Å²) in [7, 11) is 2.08. The minimum atomic E-state index is -0.508. The number of hydrogen-bond acceptors (Lipinski definition) is 1. The van der Waals surface area contributed by atoms with E-state index in [9.17, 15) is 4.39 Å². The van der Waals surface area contributed by atoms with Gasteiger partial charge < -0.3 is 5.32 Å². The van der Waals surface area contributed by atoms with E-state index in [0.717, 1.165) is 36.5 Å². The van der Waals surface area contributed by atoms with Gasteiger partial charge in [-0.2, -0.15) is 0 Å². The summed E-state index contributed by atoms with van der Waals surface area (Å²) in [4.78, 5) is 0. The van der Waals surface area contributed by atoms with Crippen LogP contribution in [-0.2, 0) is 0 Å². The molecule has 1 N–H and O–H groups in total. The van der Waals surface area contributed by atoms with Crippen LogP contribution in [0.5, 0.6) is 0 Å². The van der Waals surface area contributed by atoms with Crippen LogP contribution < -0.4 is 5.32 Å². The molecule has 0 aliphatic heterocycles. The van der Waals surface area contributed by atoms with Crippen LogP contribution >= 0.6 is 0 Å². The maximum atomic E-state index is 14.7. The van der Waals surface area contributed by atoms with Crippen LogP contribution in [0.3, 0.4) is 0 Å². The van der Waals surface area contributed by atoms with Gasteiger partial charge in [0.05, 0.1) is 0 Å². The van der Waals surface area contributed by atoms with Crippen molar-refractivity contribution < 1.29 is 4.39 Å². The predicted octanol–water partition coefficient (Wildman–Crippen LogP) is 5.98. The molecule has 8 unspecified atom stereocenters. The highest BCUT2D eigenvalue weighted by molar-refractivity contribution is 5.09. The number of hydrogen-bond donors (Lipinski definition) is 1. The number of alkyl halides is 1. The first-order chi connectivity index (χ1) is 12.0. The Morgan fingerprint density at radius 2 is 1.64 bits per heavy atom. The smallest absolute Gasteiger partial charge is 0.103 e. The largest absolute Gasteiger partial charge is 0.320 e. The average Bonchev–Trinajstić information content (AvgIpc) is 2.92. The van der Waals surface area contributed by atoms with Crippen LogP contribution in [0.4, 0.5) is 4.39 Å². The third kappa shape index (κ3) is 2.80.